The van der Waals surface area contributed by atoms with Gasteiger partial charge < -0.3 is 5.32 Å². The zero-order valence-corrected chi connectivity index (χ0v) is 11.9. The molecule has 17 heavy (non-hydrogen) atoms. The smallest absolute Gasteiger partial charge is 0.238 e. The van der Waals surface area contributed by atoms with Crippen LogP contribution < -0.4 is 5.32 Å². The van der Waals surface area contributed by atoms with Gasteiger partial charge in [0.15, 0.2) is 0 Å². The van der Waals surface area contributed by atoms with E-state index in [1.54, 1.807) is 17.8 Å². The van der Waals surface area contributed by atoms with E-state index >= 15 is 0 Å². The van der Waals surface area contributed by atoms with E-state index in [9.17, 15) is 4.79 Å². The number of benzene rings is 1. The van der Waals surface area contributed by atoms with E-state index in [1.165, 1.54) is 0 Å². The third-order valence-corrected chi connectivity index (χ3v) is 5.56. The molecular weight excluding hydrogens is 274 g/mol. The lowest BCUT2D eigenvalue weighted by molar-refractivity contribution is -0.115. The number of hydrogen-bond donors (Lipinski definition) is 1. The Morgan fingerprint density at radius 1 is 1.47 bits per heavy atom. The van der Waals surface area contributed by atoms with Gasteiger partial charge in [-0.05, 0) is 24.6 Å². The van der Waals surface area contributed by atoms with Gasteiger partial charge in [0, 0.05) is 28.0 Å². The molecule has 0 radical (unpaired) electrons. The third-order valence-electron chi connectivity index (χ3n) is 2.57. The second-order valence-electron chi connectivity index (χ2n) is 3.88. The Balaban J connectivity index is 2.04. The summed E-state index contributed by atoms with van der Waals surface area (Å²) >= 11 is 9.50. The van der Waals surface area contributed by atoms with Gasteiger partial charge in [-0.2, -0.15) is 11.8 Å². The van der Waals surface area contributed by atoms with E-state index in [0.29, 0.717) is 5.02 Å². The molecule has 1 saturated heterocycles. The summed E-state index contributed by atoms with van der Waals surface area (Å²) in [6, 6.07) is 5.55. The van der Waals surface area contributed by atoms with Gasteiger partial charge in [-0.1, -0.05) is 17.7 Å². The van der Waals surface area contributed by atoms with Crippen molar-refractivity contribution >= 4 is 46.7 Å². The predicted octanol–water partition coefficient (Wildman–Crippen LogP) is 3.44. The topological polar surface area (TPSA) is 29.1 Å². The first-order valence-electron chi connectivity index (χ1n) is 5.43. The molecule has 1 aliphatic heterocycles. The quantitative estimate of drug-likeness (QED) is 0.903. The van der Waals surface area contributed by atoms with Crippen molar-refractivity contribution < 1.29 is 4.79 Å². The molecule has 1 aliphatic rings. The Bertz CT molecular complexity index is 419. The van der Waals surface area contributed by atoms with Gasteiger partial charge in [-0.3, -0.25) is 4.79 Å². The largest absolute Gasteiger partial charge is 0.325 e. The van der Waals surface area contributed by atoms with Crippen molar-refractivity contribution in [1.82, 2.24) is 0 Å². The fourth-order valence-electron chi connectivity index (χ4n) is 1.58. The first-order chi connectivity index (χ1) is 8.16. The normalized spacial score (nSPS) is 20.0. The monoisotopic (exact) mass is 287 g/mol. The fourth-order valence-corrected chi connectivity index (χ4v) is 4.31. The summed E-state index contributed by atoms with van der Waals surface area (Å²) in [6.45, 7) is 1.97. The lowest BCUT2D eigenvalue weighted by Gasteiger charge is -2.20. The van der Waals surface area contributed by atoms with Crippen molar-refractivity contribution in [3.63, 3.8) is 0 Å². The highest BCUT2D eigenvalue weighted by Crippen LogP contribution is 2.26. The first kappa shape index (κ1) is 13.1. The van der Waals surface area contributed by atoms with Crippen LogP contribution in [0.15, 0.2) is 18.2 Å². The minimum atomic E-state index is 0.0622. The number of carbonyl (C=O) groups excluding carboxylic acids is 1. The van der Waals surface area contributed by atoms with Gasteiger partial charge in [0.05, 0.1) is 5.25 Å². The number of amides is 1. The number of anilines is 1. The number of hydrogen-bond acceptors (Lipinski definition) is 3. The summed E-state index contributed by atoms with van der Waals surface area (Å²) < 4.78 is 0. The van der Waals surface area contributed by atoms with Crippen molar-refractivity contribution in [2.24, 2.45) is 0 Å². The van der Waals surface area contributed by atoms with Gasteiger partial charge in [-0.15, -0.1) is 11.8 Å². The molecule has 1 amide bonds. The number of nitrogens with one attached hydrogen (secondary N) is 1. The van der Waals surface area contributed by atoms with Crippen molar-refractivity contribution in [3.8, 4) is 0 Å². The average Bonchev–Trinajstić information content (AvgIpc) is 2.35. The summed E-state index contributed by atoms with van der Waals surface area (Å²) in [5.41, 5.74) is 1.86. The molecule has 0 bridgehead atoms. The Morgan fingerprint density at radius 2 is 2.29 bits per heavy atom. The molecule has 0 spiro atoms. The Hall–Kier alpha value is -0.320. The number of carbonyl (C=O) groups is 1. The zero-order chi connectivity index (χ0) is 12.3. The lowest BCUT2D eigenvalue weighted by atomic mass is 10.2. The fraction of sp³-hybridized carbons (Fsp3) is 0.417. The number of thioether (sulfide) groups is 2. The summed E-state index contributed by atoms with van der Waals surface area (Å²) in [5.74, 6) is 3.19. The Labute approximate surface area is 115 Å². The van der Waals surface area contributed by atoms with Gasteiger partial charge in [0.1, 0.15) is 0 Å². The standard InChI is InChI=1S/C12H14ClNOS2/c1-8-2-3-9(13)6-10(8)14-12(15)11-7-16-4-5-17-11/h2-3,6,11H,4-5,7H2,1H3,(H,14,15). The van der Waals surface area contributed by atoms with Crippen LogP contribution in [0.2, 0.25) is 5.02 Å². The average molecular weight is 288 g/mol. The number of aryl methyl sites for hydroxylation is 1. The molecule has 2 nitrogen and oxygen atoms in total. The minimum absolute atomic E-state index is 0.0622. The van der Waals surface area contributed by atoms with E-state index in [0.717, 1.165) is 28.5 Å². The van der Waals surface area contributed by atoms with Crippen LogP contribution >= 0.6 is 35.1 Å². The molecule has 1 fully saturated rings. The predicted molar refractivity (Wildman–Crippen MR) is 78.4 cm³/mol. The lowest BCUT2D eigenvalue weighted by Crippen LogP contribution is -2.30. The molecule has 1 aromatic carbocycles. The maximum atomic E-state index is 12.0. The molecule has 1 atom stereocenters. The number of halogens is 1. The van der Waals surface area contributed by atoms with E-state index in [1.807, 2.05) is 30.8 Å². The molecule has 0 saturated carbocycles. The highest BCUT2D eigenvalue weighted by atomic mass is 35.5. The van der Waals surface area contributed by atoms with Crippen LogP contribution in [0, 0.1) is 6.92 Å². The van der Waals surface area contributed by atoms with Crippen LogP contribution in [-0.2, 0) is 4.79 Å². The maximum Gasteiger partial charge on any atom is 0.238 e. The Kier molecular flexibility index (Phi) is 4.65. The molecular formula is C12H14ClNOS2. The van der Waals surface area contributed by atoms with Crippen molar-refractivity contribution in [3.05, 3.63) is 28.8 Å². The first-order valence-corrected chi connectivity index (χ1v) is 8.01. The third kappa shape index (κ3) is 3.57. The van der Waals surface area contributed by atoms with Crippen LogP contribution in [0.4, 0.5) is 5.69 Å². The maximum absolute atomic E-state index is 12.0. The highest BCUT2D eigenvalue weighted by Gasteiger charge is 2.22. The van der Waals surface area contributed by atoms with Crippen LogP contribution in [0.1, 0.15) is 5.56 Å². The summed E-state index contributed by atoms with van der Waals surface area (Å²) in [5, 5.41) is 3.67. The second kappa shape index (κ2) is 6.03. The molecule has 0 aromatic heterocycles. The molecule has 1 heterocycles. The van der Waals surface area contributed by atoms with Crippen LogP contribution in [0.3, 0.4) is 0 Å². The van der Waals surface area contributed by atoms with Crippen molar-refractivity contribution in [1.29, 1.82) is 0 Å². The summed E-state index contributed by atoms with van der Waals surface area (Å²) in [4.78, 5) is 12.0. The van der Waals surface area contributed by atoms with Gasteiger partial charge >= 0.3 is 0 Å². The Morgan fingerprint density at radius 3 is 3.00 bits per heavy atom. The van der Waals surface area contributed by atoms with Crippen molar-refractivity contribution in [2.75, 3.05) is 22.6 Å². The van der Waals surface area contributed by atoms with Crippen LogP contribution in [0.25, 0.3) is 0 Å². The molecule has 92 valence electrons. The molecule has 1 N–H and O–H groups in total. The zero-order valence-electron chi connectivity index (χ0n) is 9.53. The van der Waals surface area contributed by atoms with Crippen LogP contribution in [-0.4, -0.2) is 28.4 Å². The van der Waals surface area contributed by atoms with Gasteiger partial charge in [0.2, 0.25) is 5.91 Å². The molecule has 1 unspecified atom stereocenters. The van der Waals surface area contributed by atoms with E-state index in [4.69, 9.17) is 11.6 Å². The van der Waals surface area contributed by atoms with E-state index < -0.39 is 0 Å². The van der Waals surface area contributed by atoms with Gasteiger partial charge in [0.25, 0.3) is 0 Å². The van der Waals surface area contributed by atoms with Crippen molar-refractivity contribution in [2.45, 2.75) is 12.2 Å². The van der Waals surface area contributed by atoms with Gasteiger partial charge in [-0.25, -0.2) is 0 Å². The molecule has 2 rings (SSSR count). The molecule has 1 aromatic rings. The van der Waals surface area contributed by atoms with E-state index in [2.05, 4.69) is 5.32 Å². The SMILES string of the molecule is Cc1ccc(Cl)cc1NC(=O)C1CSCCS1. The molecule has 5 heteroatoms. The van der Waals surface area contributed by atoms with Crippen LogP contribution in [0.5, 0.6) is 0 Å². The second-order valence-corrected chi connectivity index (χ2v) is 6.78. The minimum Gasteiger partial charge on any atom is -0.325 e. The summed E-state index contributed by atoms with van der Waals surface area (Å²) in [6.07, 6.45) is 0. The summed E-state index contributed by atoms with van der Waals surface area (Å²) in [7, 11) is 0. The van der Waals surface area contributed by atoms with E-state index in [-0.39, 0.29) is 11.2 Å². The highest BCUT2D eigenvalue weighted by molar-refractivity contribution is 8.07. The number of rotatable bonds is 2. The molecule has 0 aliphatic carbocycles.